The normalized spacial score (nSPS) is 28.2. The molecule has 0 bridgehead atoms. The second kappa shape index (κ2) is 11.7. The van der Waals surface area contributed by atoms with Crippen LogP contribution in [0.15, 0.2) is 42.5 Å². The summed E-state index contributed by atoms with van der Waals surface area (Å²) in [4.78, 5) is 13.5. The van der Waals surface area contributed by atoms with Crippen molar-refractivity contribution in [2.45, 2.75) is 75.8 Å². The molecule has 196 valence electrons. The lowest BCUT2D eigenvalue weighted by Gasteiger charge is -2.44. The molecule has 1 saturated carbocycles. The first-order valence-corrected chi connectivity index (χ1v) is 12.3. The van der Waals surface area contributed by atoms with Gasteiger partial charge in [-0.2, -0.15) is 0 Å². The van der Waals surface area contributed by atoms with Crippen LogP contribution >= 0.6 is 0 Å². The number of carbonyl (C=O) groups excluding carboxylic acids is 1. The van der Waals surface area contributed by atoms with Gasteiger partial charge in [-0.3, -0.25) is 4.79 Å². The largest absolute Gasteiger partial charge is 0.390 e. The van der Waals surface area contributed by atoms with Crippen LogP contribution in [0, 0.1) is 18.6 Å². The van der Waals surface area contributed by atoms with Crippen LogP contribution in [0.4, 0.5) is 8.78 Å². The first-order valence-electron chi connectivity index (χ1n) is 12.3. The van der Waals surface area contributed by atoms with Gasteiger partial charge >= 0.3 is 0 Å². The highest BCUT2D eigenvalue weighted by Gasteiger charge is 2.51. The Kier molecular flexibility index (Phi) is 8.69. The lowest BCUT2D eigenvalue weighted by atomic mass is 9.78. The van der Waals surface area contributed by atoms with Crippen LogP contribution < -0.4 is 5.32 Å². The zero-order valence-corrected chi connectivity index (χ0v) is 20.3. The van der Waals surface area contributed by atoms with Gasteiger partial charge in [-0.05, 0) is 43.0 Å². The van der Waals surface area contributed by atoms with Crippen molar-refractivity contribution in [3.05, 3.63) is 70.8 Å². The van der Waals surface area contributed by atoms with E-state index in [9.17, 15) is 23.8 Å². The molecular formula is C27H33F2NO6. The van der Waals surface area contributed by atoms with Gasteiger partial charge < -0.3 is 29.7 Å². The van der Waals surface area contributed by atoms with Crippen molar-refractivity contribution in [3.63, 3.8) is 0 Å². The number of amides is 1. The Morgan fingerprint density at radius 2 is 1.86 bits per heavy atom. The molecule has 2 aromatic carbocycles. The second-order valence-corrected chi connectivity index (χ2v) is 9.57. The van der Waals surface area contributed by atoms with E-state index in [1.54, 1.807) is 0 Å². The van der Waals surface area contributed by atoms with E-state index >= 15 is 0 Å². The summed E-state index contributed by atoms with van der Waals surface area (Å²) in [5.74, 6) is -2.02. The highest BCUT2D eigenvalue weighted by Crippen LogP contribution is 2.36. The maximum absolute atomic E-state index is 14.1. The smallest absolute Gasteiger partial charge is 0.252 e. The average molecular weight is 506 g/mol. The second-order valence-electron chi connectivity index (χ2n) is 9.57. The Morgan fingerprint density at radius 1 is 1.11 bits per heavy atom. The molecule has 2 aromatic rings. The SMILES string of the molecule is Cc1ccccc1CO[C@]1(C(=O)NCC2CCCO2)CC(OCc2c(F)cccc2F)[C@H](O)[C@H](O)C1. The molecule has 0 spiro atoms. The van der Waals surface area contributed by atoms with Gasteiger partial charge in [-0.25, -0.2) is 8.78 Å². The fourth-order valence-electron chi connectivity index (χ4n) is 4.78. The predicted octanol–water partition coefficient (Wildman–Crippen LogP) is 2.92. The molecule has 3 N–H and O–H groups in total. The lowest BCUT2D eigenvalue weighted by Crippen LogP contribution is -2.61. The molecule has 36 heavy (non-hydrogen) atoms. The average Bonchev–Trinajstić information content (AvgIpc) is 3.38. The molecule has 0 aromatic heterocycles. The third kappa shape index (κ3) is 6.10. The Balaban J connectivity index is 1.54. The van der Waals surface area contributed by atoms with Gasteiger partial charge in [-0.15, -0.1) is 0 Å². The molecular weight excluding hydrogens is 472 g/mol. The minimum absolute atomic E-state index is 0.0947. The van der Waals surface area contributed by atoms with E-state index in [1.165, 1.54) is 6.07 Å². The van der Waals surface area contributed by atoms with Crippen molar-refractivity contribution < 1.29 is 38.0 Å². The van der Waals surface area contributed by atoms with Gasteiger partial charge in [0.05, 0.1) is 31.5 Å². The molecule has 1 heterocycles. The van der Waals surface area contributed by atoms with Crippen molar-refractivity contribution in [1.29, 1.82) is 0 Å². The zero-order valence-electron chi connectivity index (χ0n) is 20.3. The Labute approximate surface area is 209 Å². The molecule has 7 nitrogen and oxygen atoms in total. The first-order chi connectivity index (χ1) is 17.3. The van der Waals surface area contributed by atoms with Crippen LogP contribution in [0.25, 0.3) is 0 Å². The highest BCUT2D eigenvalue weighted by atomic mass is 19.1. The molecule has 1 aliphatic heterocycles. The number of halogens is 2. The third-order valence-electron chi connectivity index (χ3n) is 7.04. The number of ether oxygens (including phenoxy) is 3. The van der Waals surface area contributed by atoms with Crippen molar-refractivity contribution in [1.82, 2.24) is 5.32 Å². The fourth-order valence-corrected chi connectivity index (χ4v) is 4.78. The van der Waals surface area contributed by atoms with Gasteiger partial charge in [-0.1, -0.05) is 30.3 Å². The lowest BCUT2D eigenvalue weighted by molar-refractivity contribution is -0.200. The van der Waals surface area contributed by atoms with E-state index in [1.807, 2.05) is 31.2 Å². The zero-order chi connectivity index (χ0) is 25.7. The fraction of sp³-hybridized carbons (Fsp3) is 0.519. The van der Waals surface area contributed by atoms with Crippen molar-refractivity contribution in [3.8, 4) is 0 Å². The van der Waals surface area contributed by atoms with Crippen molar-refractivity contribution in [2.24, 2.45) is 0 Å². The first kappa shape index (κ1) is 26.6. The van der Waals surface area contributed by atoms with Gasteiger partial charge in [0.25, 0.3) is 5.91 Å². The molecule has 9 heteroatoms. The Morgan fingerprint density at radius 3 is 2.56 bits per heavy atom. The number of aliphatic hydroxyl groups excluding tert-OH is 2. The summed E-state index contributed by atoms with van der Waals surface area (Å²) in [6.07, 6.45) is -2.42. The summed E-state index contributed by atoms with van der Waals surface area (Å²) in [5, 5.41) is 24.2. The molecule has 2 fully saturated rings. The number of hydrogen-bond acceptors (Lipinski definition) is 6. The van der Waals surface area contributed by atoms with Crippen LogP contribution in [-0.4, -0.2) is 59.3 Å². The van der Waals surface area contributed by atoms with Crippen LogP contribution in [0.1, 0.15) is 42.4 Å². The van der Waals surface area contributed by atoms with E-state index in [0.29, 0.717) is 13.2 Å². The molecule has 1 saturated heterocycles. The van der Waals surface area contributed by atoms with Crippen molar-refractivity contribution in [2.75, 3.05) is 13.2 Å². The van der Waals surface area contributed by atoms with Gasteiger partial charge in [0, 0.05) is 31.6 Å². The van der Waals surface area contributed by atoms with Gasteiger partial charge in [0.2, 0.25) is 0 Å². The molecule has 2 unspecified atom stereocenters. The van der Waals surface area contributed by atoms with Crippen LogP contribution in [0.2, 0.25) is 0 Å². The van der Waals surface area contributed by atoms with E-state index in [4.69, 9.17) is 14.2 Å². The monoisotopic (exact) mass is 505 g/mol. The number of rotatable bonds is 9. The predicted molar refractivity (Wildman–Crippen MR) is 127 cm³/mol. The summed E-state index contributed by atoms with van der Waals surface area (Å²) in [5.41, 5.74) is 0.0267. The number of benzene rings is 2. The van der Waals surface area contributed by atoms with Gasteiger partial charge in [0.1, 0.15) is 17.7 Å². The summed E-state index contributed by atoms with van der Waals surface area (Å²) < 4.78 is 45.7. The topological polar surface area (TPSA) is 97.3 Å². The molecule has 1 aliphatic carbocycles. The number of nitrogens with one attached hydrogen (secondary N) is 1. The van der Waals surface area contributed by atoms with Crippen molar-refractivity contribution >= 4 is 5.91 Å². The van der Waals surface area contributed by atoms with Gasteiger partial charge in [0.15, 0.2) is 5.60 Å². The summed E-state index contributed by atoms with van der Waals surface area (Å²) in [6.45, 7) is 2.48. The number of carbonyl (C=O) groups is 1. The summed E-state index contributed by atoms with van der Waals surface area (Å²) >= 11 is 0. The van der Waals surface area contributed by atoms with E-state index in [0.717, 1.165) is 36.1 Å². The number of hydrogen-bond donors (Lipinski definition) is 3. The van der Waals surface area contributed by atoms with E-state index in [2.05, 4.69) is 5.32 Å². The standard InChI is InChI=1S/C27H33F2NO6/c1-17-6-2-3-7-18(17)15-36-27(26(33)30-14-19-8-5-11-34-19)12-23(31)25(32)24(13-27)35-16-20-21(28)9-4-10-22(20)29/h2-4,6-7,9-10,19,23-25,31-32H,5,8,11-16H2,1H3,(H,30,33)/t19?,23-,24?,25-,27+/m1/s1. The van der Waals surface area contributed by atoms with E-state index in [-0.39, 0.29) is 31.1 Å². The summed E-state index contributed by atoms with van der Waals surface area (Å²) in [7, 11) is 0. The maximum atomic E-state index is 14.1. The maximum Gasteiger partial charge on any atom is 0.252 e. The van der Waals surface area contributed by atoms with E-state index < -0.39 is 48.1 Å². The highest BCUT2D eigenvalue weighted by molar-refractivity contribution is 5.85. The molecule has 2 aliphatic rings. The van der Waals surface area contributed by atoms with Crippen LogP contribution in [-0.2, 0) is 32.2 Å². The molecule has 1 amide bonds. The molecule has 0 radical (unpaired) electrons. The Bertz CT molecular complexity index is 1030. The Hall–Kier alpha value is -2.43. The van der Waals surface area contributed by atoms with Crippen LogP contribution in [0.3, 0.4) is 0 Å². The quantitative estimate of drug-likeness (QED) is 0.485. The molecule has 4 rings (SSSR count). The minimum Gasteiger partial charge on any atom is -0.390 e. The number of aliphatic hydroxyl groups is 2. The summed E-state index contributed by atoms with van der Waals surface area (Å²) in [6, 6.07) is 11.0. The molecule has 5 atom stereocenters. The van der Waals surface area contributed by atoms with Crippen LogP contribution in [0.5, 0.6) is 0 Å². The minimum atomic E-state index is -1.53. The number of aryl methyl sites for hydroxylation is 1. The third-order valence-corrected chi connectivity index (χ3v) is 7.04.